The van der Waals surface area contributed by atoms with Gasteiger partial charge < -0.3 is 15.6 Å². The summed E-state index contributed by atoms with van der Waals surface area (Å²) in [6.45, 7) is 6.47. The SMILES string of the molecule is Cc1cc(NC(=O)CCN2CC(CN)CC2C)no1.Cl. The molecule has 6 nitrogen and oxygen atoms in total. The fourth-order valence-corrected chi connectivity index (χ4v) is 2.58. The predicted octanol–water partition coefficient (Wildman–Crippen LogP) is 1.40. The van der Waals surface area contributed by atoms with Crippen molar-refractivity contribution in [1.29, 1.82) is 0 Å². The molecule has 1 saturated heterocycles. The first kappa shape index (κ1) is 16.9. The molecule has 1 amide bonds. The molecule has 1 aromatic heterocycles. The summed E-state index contributed by atoms with van der Waals surface area (Å²) in [5.74, 6) is 1.71. The number of nitrogens with one attached hydrogen (secondary N) is 1. The number of nitrogens with two attached hydrogens (primary N) is 1. The number of aryl methyl sites for hydroxylation is 1. The minimum Gasteiger partial charge on any atom is -0.360 e. The van der Waals surface area contributed by atoms with Gasteiger partial charge in [-0.25, -0.2) is 0 Å². The van der Waals surface area contributed by atoms with Crippen LogP contribution in [0.4, 0.5) is 5.82 Å². The highest BCUT2D eigenvalue weighted by Gasteiger charge is 2.27. The van der Waals surface area contributed by atoms with E-state index in [4.69, 9.17) is 10.3 Å². The summed E-state index contributed by atoms with van der Waals surface area (Å²) in [7, 11) is 0. The zero-order valence-corrected chi connectivity index (χ0v) is 12.8. The fraction of sp³-hybridized carbons (Fsp3) is 0.692. The minimum atomic E-state index is -0.0308. The van der Waals surface area contributed by atoms with E-state index >= 15 is 0 Å². The second-order valence-corrected chi connectivity index (χ2v) is 5.30. The second-order valence-electron chi connectivity index (χ2n) is 5.30. The molecule has 2 heterocycles. The van der Waals surface area contributed by atoms with E-state index in [0.717, 1.165) is 26.1 Å². The monoisotopic (exact) mass is 302 g/mol. The topological polar surface area (TPSA) is 84.4 Å². The Morgan fingerprint density at radius 3 is 2.95 bits per heavy atom. The van der Waals surface area contributed by atoms with E-state index in [1.54, 1.807) is 13.0 Å². The van der Waals surface area contributed by atoms with Gasteiger partial charge in [-0.3, -0.25) is 9.69 Å². The molecule has 1 aliphatic heterocycles. The van der Waals surface area contributed by atoms with Gasteiger partial charge in [-0.15, -0.1) is 12.4 Å². The van der Waals surface area contributed by atoms with Crippen molar-refractivity contribution in [1.82, 2.24) is 10.1 Å². The van der Waals surface area contributed by atoms with Crippen LogP contribution < -0.4 is 11.1 Å². The number of hydrogen-bond donors (Lipinski definition) is 2. The van der Waals surface area contributed by atoms with Crippen molar-refractivity contribution in [3.8, 4) is 0 Å². The number of rotatable bonds is 5. The second kappa shape index (κ2) is 7.61. The van der Waals surface area contributed by atoms with Crippen LogP contribution in [0.2, 0.25) is 0 Å². The van der Waals surface area contributed by atoms with E-state index in [2.05, 4.69) is 22.3 Å². The summed E-state index contributed by atoms with van der Waals surface area (Å²) in [5, 5.41) is 6.47. The van der Waals surface area contributed by atoms with Crippen molar-refractivity contribution in [2.75, 3.05) is 25.0 Å². The number of anilines is 1. The number of carbonyl (C=O) groups excluding carboxylic acids is 1. The number of hydrogen-bond acceptors (Lipinski definition) is 5. The summed E-state index contributed by atoms with van der Waals surface area (Å²) >= 11 is 0. The van der Waals surface area contributed by atoms with Crippen LogP contribution in [-0.4, -0.2) is 41.6 Å². The lowest BCUT2D eigenvalue weighted by molar-refractivity contribution is -0.116. The van der Waals surface area contributed by atoms with Gasteiger partial charge in [0.05, 0.1) is 0 Å². The van der Waals surface area contributed by atoms with Gasteiger partial charge in [0.2, 0.25) is 5.91 Å². The molecule has 1 aliphatic rings. The lowest BCUT2D eigenvalue weighted by Crippen LogP contribution is -2.31. The van der Waals surface area contributed by atoms with Crippen LogP contribution >= 0.6 is 12.4 Å². The molecule has 0 aliphatic carbocycles. The van der Waals surface area contributed by atoms with Crippen LogP contribution in [0.3, 0.4) is 0 Å². The molecule has 20 heavy (non-hydrogen) atoms. The number of aromatic nitrogens is 1. The molecular formula is C13H23ClN4O2. The Labute approximate surface area is 125 Å². The van der Waals surface area contributed by atoms with Gasteiger partial charge in [-0.05, 0) is 32.7 Å². The van der Waals surface area contributed by atoms with Crippen LogP contribution in [0.5, 0.6) is 0 Å². The Morgan fingerprint density at radius 1 is 1.65 bits per heavy atom. The Bertz CT molecular complexity index is 438. The first-order valence-electron chi connectivity index (χ1n) is 6.75. The van der Waals surface area contributed by atoms with Gasteiger partial charge in [-0.1, -0.05) is 5.16 Å². The highest BCUT2D eigenvalue weighted by atomic mass is 35.5. The Hall–Kier alpha value is -1.11. The first-order chi connectivity index (χ1) is 9.08. The highest BCUT2D eigenvalue weighted by Crippen LogP contribution is 2.22. The van der Waals surface area contributed by atoms with Crippen molar-refractivity contribution in [2.24, 2.45) is 11.7 Å². The lowest BCUT2D eigenvalue weighted by Gasteiger charge is -2.20. The van der Waals surface area contributed by atoms with Crippen molar-refractivity contribution < 1.29 is 9.32 Å². The van der Waals surface area contributed by atoms with E-state index in [9.17, 15) is 4.79 Å². The fourth-order valence-electron chi connectivity index (χ4n) is 2.58. The molecule has 0 bridgehead atoms. The van der Waals surface area contributed by atoms with Gasteiger partial charge >= 0.3 is 0 Å². The zero-order valence-electron chi connectivity index (χ0n) is 12.0. The van der Waals surface area contributed by atoms with Crippen molar-refractivity contribution in [3.63, 3.8) is 0 Å². The van der Waals surface area contributed by atoms with E-state index in [-0.39, 0.29) is 18.3 Å². The van der Waals surface area contributed by atoms with Crippen LogP contribution in [0.15, 0.2) is 10.6 Å². The quantitative estimate of drug-likeness (QED) is 0.859. The summed E-state index contributed by atoms with van der Waals surface area (Å²) in [6, 6.07) is 2.22. The Balaban J connectivity index is 0.00000200. The average Bonchev–Trinajstić information content (AvgIpc) is 2.93. The smallest absolute Gasteiger partial charge is 0.226 e. The molecule has 2 rings (SSSR count). The Morgan fingerprint density at radius 2 is 2.40 bits per heavy atom. The molecule has 0 spiro atoms. The summed E-state index contributed by atoms with van der Waals surface area (Å²) < 4.78 is 4.90. The van der Waals surface area contributed by atoms with Crippen LogP contribution in [-0.2, 0) is 4.79 Å². The van der Waals surface area contributed by atoms with Crippen molar-refractivity contribution in [2.45, 2.75) is 32.7 Å². The van der Waals surface area contributed by atoms with Crippen LogP contribution in [0, 0.1) is 12.8 Å². The number of amides is 1. The normalized spacial score (nSPS) is 22.6. The summed E-state index contributed by atoms with van der Waals surface area (Å²) in [4.78, 5) is 14.1. The summed E-state index contributed by atoms with van der Waals surface area (Å²) in [6.07, 6.45) is 1.59. The maximum absolute atomic E-state index is 11.8. The molecule has 0 aromatic carbocycles. The lowest BCUT2D eigenvalue weighted by atomic mass is 10.1. The average molecular weight is 303 g/mol. The molecule has 0 radical (unpaired) electrons. The van der Waals surface area contributed by atoms with E-state index in [1.165, 1.54) is 0 Å². The molecular weight excluding hydrogens is 280 g/mol. The molecule has 3 N–H and O–H groups in total. The number of carbonyl (C=O) groups is 1. The third-order valence-electron chi connectivity index (χ3n) is 3.65. The van der Waals surface area contributed by atoms with Crippen LogP contribution in [0.1, 0.15) is 25.5 Å². The molecule has 1 aromatic rings. The number of nitrogens with zero attached hydrogens (tertiary/aromatic N) is 2. The molecule has 1 fully saturated rings. The standard InChI is InChI=1S/C13H22N4O2.ClH/c1-9-5-11(7-14)8-17(9)4-3-13(18)15-12-6-10(2)19-16-12;/h6,9,11H,3-5,7-8,14H2,1-2H3,(H,15,16,18);1H. The van der Waals surface area contributed by atoms with Gasteiger partial charge in [0.15, 0.2) is 5.82 Å². The van der Waals surface area contributed by atoms with Gasteiger partial charge in [0.1, 0.15) is 5.76 Å². The zero-order chi connectivity index (χ0) is 13.8. The maximum atomic E-state index is 11.8. The molecule has 2 unspecified atom stereocenters. The predicted molar refractivity (Wildman–Crippen MR) is 79.9 cm³/mol. The van der Waals surface area contributed by atoms with Crippen LogP contribution in [0.25, 0.3) is 0 Å². The van der Waals surface area contributed by atoms with E-state index in [0.29, 0.717) is 30.0 Å². The molecule has 0 saturated carbocycles. The number of likely N-dealkylation sites (tertiary alicyclic amines) is 1. The van der Waals surface area contributed by atoms with Crippen molar-refractivity contribution >= 4 is 24.1 Å². The minimum absolute atomic E-state index is 0. The molecule has 114 valence electrons. The largest absolute Gasteiger partial charge is 0.360 e. The number of halogens is 1. The van der Waals surface area contributed by atoms with Gasteiger partial charge in [0, 0.05) is 31.6 Å². The summed E-state index contributed by atoms with van der Waals surface area (Å²) in [5.41, 5.74) is 5.69. The Kier molecular flexibility index (Phi) is 6.45. The molecule has 7 heteroatoms. The molecule has 2 atom stereocenters. The van der Waals surface area contributed by atoms with Gasteiger partial charge in [-0.2, -0.15) is 0 Å². The van der Waals surface area contributed by atoms with Gasteiger partial charge in [0.25, 0.3) is 0 Å². The maximum Gasteiger partial charge on any atom is 0.226 e. The highest BCUT2D eigenvalue weighted by molar-refractivity contribution is 5.89. The van der Waals surface area contributed by atoms with E-state index in [1.807, 2.05) is 0 Å². The third-order valence-corrected chi connectivity index (χ3v) is 3.65. The first-order valence-corrected chi connectivity index (χ1v) is 6.75. The van der Waals surface area contributed by atoms with E-state index < -0.39 is 0 Å². The third kappa shape index (κ3) is 4.47. The van der Waals surface area contributed by atoms with Crippen molar-refractivity contribution in [3.05, 3.63) is 11.8 Å².